The molecule has 0 N–H and O–H groups in total. The fourth-order valence-electron chi connectivity index (χ4n) is 2.44. The molecule has 0 spiro atoms. The third-order valence-corrected chi connectivity index (χ3v) is 4.33. The summed E-state index contributed by atoms with van der Waals surface area (Å²) in [6.45, 7) is 9.65. The van der Waals surface area contributed by atoms with Gasteiger partial charge in [-0.2, -0.15) is 0 Å². The molecule has 0 fully saturated rings. The largest absolute Gasteiger partial charge is 0.493 e. The van der Waals surface area contributed by atoms with Crippen molar-refractivity contribution in [2.45, 2.75) is 58.7 Å². The van der Waals surface area contributed by atoms with E-state index in [1.54, 1.807) is 0 Å². The third kappa shape index (κ3) is 5.18. The summed E-state index contributed by atoms with van der Waals surface area (Å²) in [5.74, 6) is 1.77. The fraction of sp³-hybridized carbons (Fsp3) is 0.647. The molecule has 1 aromatic rings. The maximum atomic E-state index is 6.10. The molecule has 0 saturated heterocycles. The van der Waals surface area contributed by atoms with E-state index in [0.29, 0.717) is 5.92 Å². The molecule has 2 heteroatoms. The number of hydrogen-bond acceptors (Lipinski definition) is 1. The maximum Gasteiger partial charge on any atom is 0.125 e. The van der Waals surface area contributed by atoms with E-state index in [4.69, 9.17) is 4.74 Å². The van der Waals surface area contributed by atoms with Crippen LogP contribution in [0, 0.1) is 19.8 Å². The minimum atomic E-state index is 0.689. The molecule has 0 aromatic heterocycles. The molecule has 108 valence electrons. The molecule has 0 aliphatic rings. The number of unbranched alkanes of at least 4 members (excludes halogenated alkanes) is 1. The van der Waals surface area contributed by atoms with Gasteiger partial charge < -0.3 is 4.74 Å². The lowest BCUT2D eigenvalue weighted by molar-refractivity contribution is 0.231. The van der Waals surface area contributed by atoms with Gasteiger partial charge in [0.15, 0.2) is 0 Å². The van der Waals surface area contributed by atoms with Crippen LogP contribution in [0.5, 0.6) is 5.75 Å². The Bertz CT molecular complexity index is 364. The Labute approximate surface area is 126 Å². The van der Waals surface area contributed by atoms with E-state index >= 15 is 0 Å². The monoisotopic (exact) mass is 326 g/mol. The quantitative estimate of drug-likeness (QED) is 0.549. The molecule has 0 aliphatic carbocycles. The normalized spacial score (nSPS) is 12.5. The van der Waals surface area contributed by atoms with Crippen molar-refractivity contribution in [3.05, 3.63) is 28.8 Å². The summed E-state index contributed by atoms with van der Waals surface area (Å²) >= 11 is 3.51. The molecule has 0 aliphatic heterocycles. The molecular weight excluding hydrogens is 300 g/mol. The number of halogens is 1. The van der Waals surface area contributed by atoms with Gasteiger partial charge in [-0.15, -0.1) is 0 Å². The average Bonchev–Trinajstić information content (AvgIpc) is 2.40. The van der Waals surface area contributed by atoms with Crippen LogP contribution in [-0.2, 0) is 5.33 Å². The van der Waals surface area contributed by atoms with Gasteiger partial charge in [0.2, 0.25) is 0 Å². The van der Waals surface area contributed by atoms with Gasteiger partial charge in [0, 0.05) is 5.33 Å². The van der Waals surface area contributed by atoms with Crippen molar-refractivity contribution in [3.63, 3.8) is 0 Å². The van der Waals surface area contributed by atoms with Crippen molar-refractivity contribution in [2.24, 2.45) is 5.92 Å². The molecule has 1 unspecified atom stereocenters. The van der Waals surface area contributed by atoms with Crippen LogP contribution in [0.4, 0.5) is 0 Å². The Morgan fingerprint density at radius 1 is 1.16 bits per heavy atom. The highest BCUT2D eigenvalue weighted by molar-refractivity contribution is 9.08. The first-order valence-electron chi connectivity index (χ1n) is 7.41. The summed E-state index contributed by atoms with van der Waals surface area (Å²) in [6, 6.07) is 4.42. The highest BCUT2D eigenvalue weighted by Gasteiger charge is 2.10. The van der Waals surface area contributed by atoms with E-state index in [0.717, 1.165) is 17.7 Å². The van der Waals surface area contributed by atoms with E-state index in [2.05, 4.69) is 55.8 Å². The number of aryl methyl sites for hydroxylation is 2. The van der Waals surface area contributed by atoms with Gasteiger partial charge in [-0.05, 0) is 42.9 Å². The summed E-state index contributed by atoms with van der Waals surface area (Å²) in [4.78, 5) is 0. The van der Waals surface area contributed by atoms with Gasteiger partial charge in [-0.3, -0.25) is 0 Å². The molecule has 0 radical (unpaired) electrons. The fourth-order valence-corrected chi connectivity index (χ4v) is 2.77. The topological polar surface area (TPSA) is 9.23 Å². The van der Waals surface area contributed by atoms with Gasteiger partial charge in [0.05, 0.1) is 6.61 Å². The second kappa shape index (κ2) is 8.63. The summed E-state index contributed by atoms with van der Waals surface area (Å²) in [5.41, 5.74) is 3.82. The highest BCUT2D eigenvalue weighted by atomic mass is 79.9. The lowest BCUT2D eigenvalue weighted by Crippen LogP contribution is -2.12. The predicted octanol–water partition coefficient (Wildman–Crippen LogP) is 5.79. The lowest BCUT2D eigenvalue weighted by Gasteiger charge is -2.18. The van der Waals surface area contributed by atoms with Crippen LogP contribution < -0.4 is 4.74 Å². The van der Waals surface area contributed by atoms with Crippen LogP contribution in [0.25, 0.3) is 0 Å². The van der Waals surface area contributed by atoms with Crippen molar-refractivity contribution >= 4 is 15.9 Å². The molecule has 19 heavy (non-hydrogen) atoms. The van der Waals surface area contributed by atoms with Gasteiger partial charge in [0.1, 0.15) is 5.75 Å². The van der Waals surface area contributed by atoms with Crippen molar-refractivity contribution < 1.29 is 4.74 Å². The smallest absolute Gasteiger partial charge is 0.125 e. The number of ether oxygens (including phenoxy) is 1. The Balaban J connectivity index is 2.66. The molecule has 1 aromatic carbocycles. The first-order valence-corrected chi connectivity index (χ1v) is 8.53. The molecular formula is C17H27BrO. The summed E-state index contributed by atoms with van der Waals surface area (Å²) in [7, 11) is 0. The molecule has 0 heterocycles. The lowest BCUT2D eigenvalue weighted by atomic mass is 10.0. The summed E-state index contributed by atoms with van der Waals surface area (Å²) in [6.07, 6.45) is 5.07. The Hall–Kier alpha value is -0.500. The molecule has 1 atom stereocenters. The van der Waals surface area contributed by atoms with Crippen LogP contribution in [0.15, 0.2) is 12.1 Å². The molecule has 0 saturated carbocycles. The van der Waals surface area contributed by atoms with Gasteiger partial charge in [-0.1, -0.05) is 61.2 Å². The second-order valence-corrected chi connectivity index (χ2v) is 5.98. The van der Waals surface area contributed by atoms with Gasteiger partial charge in [-0.25, -0.2) is 0 Å². The maximum absolute atomic E-state index is 6.10. The second-order valence-electron chi connectivity index (χ2n) is 5.42. The van der Waals surface area contributed by atoms with Crippen molar-refractivity contribution in [1.29, 1.82) is 0 Å². The third-order valence-electron chi connectivity index (χ3n) is 3.68. The van der Waals surface area contributed by atoms with Crippen LogP contribution in [0.2, 0.25) is 0 Å². The van der Waals surface area contributed by atoms with Crippen molar-refractivity contribution in [1.82, 2.24) is 0 Å². The first-order chi connectivity index (χ1) is 9.12. The van der Waals surface area contributed by atoms with E-state index in [1.807, 2.05) is 0 Å². The van der Waals surface area contributed by atoms with E-state index in [-0.39, 0.29) is 0 Å². The Morgan fingerprint density at radius 3 is 2.26 bits per heavy atom. The molecule has 1 rings (SSSR count). The number of benzene rings is 1. The van der Waals surface area contributed by atoms with Gasteiger partial charge in [0.25, 0.3) is 0 Å². The first kappa shape index (κ1) is 16.6. The van der Waals surface area contributed by atoms with E-state index < -0.39 is 0 Å². The standard InChI is InChI=1S/C17H27BrO/c1-5-7-8-15(6-2)12-19-17-13(3)9-16(11-18)10-14(17)4/h9-10,15H,5-8,11-12H2,1-4H3. The molecule has 0 bridgehead atoms. The van der Waals surface area contributed by atoms with Gasteiger partial charge >= 0.3 is 0 Å². The van der Waals surface area contributed by atoms with Crippen molar-refractivity contribution in [2.75, 3.05) is 6.61 Å². The van der Waals surface area contributed by atoms with Crippen LogP contribution in [0.1, 0.15) is 56.2 Å². The van der Waals surface area contributed by atoms with Crippen LogP contribution >= 0.6 is 15.9 Å². The zero-order valence-electron chi connectivity index (χ0n) is 12.8. The number of alkyl halides is 1. The highest BCUT2D eigenvalue weighted by Crippen LogP contribution is 2.27. The number of rotatable bonds is 8. The summed E-state index contributed by atoms with van der Waals surface area (Å²) < 4.78 is 6.10. The average molecular weight is 327 g/mol. The minimum Gasteiger partial charge on any atom is -0.493 e. The van der Waals surface area contributed by atoms with Crippen LogP contribution in [0.3, 0.4) is 0 Å². The molecule has 1 nitrogen and oxygen atoms in total. The zero-order valence-corrected chi connectivity index (χ0v) is 14.3. The predicted molar refractivity (Wildman–Crippen MR) is 87.3 cm³/mol. The van der Waals surface area contributed by atoms with Crippen molar-refractivity contribution in [3.8, 4) is 5.75 Å². The molecule has 0 amide bonds. The zero-order chi connectivity index (χ0) is 14.3. The van der Waals surface area contributed by atoms with E-state index in [1.165, 1.54) is 42.4 Å². The Kier molecular flexibility index (Phi) is 7.52. The van der Waals surface area contributed by atoms with Crippen LogP contribution in [-0.4, -0.2) is 6.61 Å². The van der Waals surface area contributed by atoms with E-state index in [9.17, 15) is 0 Å². The number of hydrogen-bond donors (Lipinski definition) is 0. The Morgan fingerprint density at radius 2 is 1.79 bits per heavy atom. The summed E-state index contributed by atoms with van der Waals surface area (Å²) in [5, 5.41) is 0.906. The SMILES string of the molecule is CCCCC(CC)COc1c(C)cc(CBr)cc1C. The minimum absolute atomic E-state index is 0.689.